The van der Waals surface area contributed by atoms with E-state index in [1.807, 2.05) is 24.3 Å². The van der Waals surface area contributed by atoms with Crippen LogP contribution >= 0.6 is 15.9 Å². The van der Waals surface area contributed by atoms with Crippen LogP contribution in [-0.4, -0.2) is 12.6 Å². The molecule has 0 N–H and O–H groups in total. The molecule has 1 aromatic rings. The zero-order valence-electron chi connectivity index (χ0n) is 8.20. The fourth-order valence-corrected chi connectivity index (χ4v) is 1.25. The molecule has 0 unspecified atom stereocenters. The van der Waals surface area contributed by atoms with E-state index in [2.05, 4.69) is 29.1 Å². The summed E-state index contributed by atoms with van der Waals surface area (Å²) in [5.74, 6) is -0.419. The van der Waals surface area contributed by atoms with Gasteiger partial charge in [0.05, 0.1) is 5.57 Å². The highest BCUT2D eigenvalue weighted by molar-refractivity contribution is 9.10. The summed E-state index contributed by atoms with van der Waals surface area (Å²) in [6, 6.07) is 7.31. The van der Waals surface area contributed by atoms with E-state index in [1.165, 1.54) is 6.08 Å². The van der Waals surface area contributed by atoms with Gasteiger partial charge in [0.15, 0.2) is 0 Å². The molecule has 0 radical (unpaired) electrons. The van der Waals surface area contributed by atoms with Crippen molar-refractivity contribution in [3.05, 3.63) is 53.5 Å². The molecule has 0 amide bonds. The number of halogens is 1. The quantitative estimate of drug-likeness (QED) is 0.475. The van der Waals surface area contributed by atoms with E-state index in [4.69, 9.17) is 4.74 Å². The van der Waals surface area contributed by atoms with Crippen LogP contribution in [0.2, 0.25) is 0 Å². The third-order valence-corrected chi connectivity index (χ3v) is 2.30. The zero-order valence-corrected chi connectivity index (χ0v) is 9.79. The molecule has 15 heavy (non-hydrogen) atoms. The predicted octanol–water partition coefficient (Wildman–Crippen LogP) is 3.19. The molecule has 2 nitrogen and oxygen atoms in total. The second kappa shape index (κ2) is 5.51. The van der Waals surface area contributed by atoms with Crippen LogP contribution in [0.3, 0.4) is 0 Å². The fourth-order valence-electron chi connectivity index (χ4n) is 0.991. The Kier molecular flexibility index (Phi) is 4.31. The maximum absolute atomic E-state index is 11.4. The highest BCUT2D eigenvalue weighted by Gasteiger charge is 2.09. The highest BCUT2D eigenvalue weighted by atomic mass is 79.9. The average Bonchev–Trinajstić information content (AvgIpc) is 2.26. The molecule has 0 aliphatic carbocycles. The first-order valence-corrected chi connectivity index (χ1v) is 5.17. The first-order chi connectivity index (χ1) is 7.15. The number of carbonyl (C=O) groups excluding carboxylic acids is 1. The van der Waals surface area contributed by atoms with Crippen LogP contribution in [0.5, 0.6) is 0 Å². The molecule has 0 aliphatic heterocycles. The molecule has 0 atom stereocenters. The zero-order chi connectivity index (χ0) is 11.3. The third-order valence-electron chi connectivity index (χ3n) is 1.77. The Hall–Kier alpha value is -1.35. The topological polar surface area (TPSA) is 26.3 Å². The van der Waals surface area contributed by atoms with Gasteiger partial charge in [-0.05, 0) is 17.7 Å². The lowest BCUT2D eigenvalue weighted by atomic mass is 10.1. The van der Waals surface area contributed by atoms with Gasteiger partial charge in [-0.15, -0.1) is 0 Å². The van der Waals surface area contributed by atoms with Crippen LogP contribution in [0, 0.1) is 0 Å². The minimum Gasteiger partial charge on any atom is -0.458 e. The first kappa shape index (κ1) is 11.7. The van der Waals surface area contributed by atoms with Crippen LogP contribution in [-0.2, 0) is 9.53 Å². The summed E-state index contributed by atoms with van der Waals surface area (Å²) in [7, 11) is 0. The Bertz CT molecular complexity index is 379. The Morgan fingerprint density at radius 1 is 1.40 bits per heavy atom. The average molecular weight is 267 g/mol. The number of hydrogen-bond donors (Lipinski definition) is 0. The van der Waals surface area contributed by atoms with E-state index < -0.39 is 5.97 Å². The monoisotopic (exact) mass is 266 g/mol. The van der Waals surface area contributed by atoms with Crippen molar-refractivity contribution >= 4 is 27.5 Å². The van der Waals surface area contributed by atoms with Gasteiger partial charge in [-0.3, -0.25) is 0 Å². The van der Waals surface area contributed by atoms with Crippen molar-refractivity contribution in [2.24, 2.45) is 0 Å². The molecule has 0 saturated heterocycles. The van der Waals surface area contributed by atoms with Crippen LogP contribution in [0.1, 0.15) is 5.56 Å². The second-order valence-corrected chi connectivity index (χ2v) is 3.79. The Balaban J connectivity index is 2.72. The summed E-state index contributed by atoms with van der Waals surface area (Å²) in [5.41, 5.74) is 1.11. The molecular formula is C12H11BrO2. The molecule has 1 rings (SSSR count). The van der Waals surface area contributed by atoms with Crippen LogP contribution in [0.25, 0.3) is 5.57 Å². The normalized spacial score (nSPS) is 9.40. The number of carbonyl (C=O) groups is 1. The number of rotatable bonds is 4. The van der Waals surface area contributed by atoms with Crippen molar-refractivity contribution < 1.29 is 9.53 Å². The van der Waals surface area contributed by atoms with E-state index in [1.54, 1.807) is 0 Å². The molecule has 0 heterocycles. The van der Waals surface area contributed by atoms with Crippen molar-refractivity contribution in [2.45, 2.75) is 0 Å². The molecule has 78 valence electrons. The molecule has 1 aromatic carbocycles. The van der Waals surface area contributed by atoms with Crippen molar-refractivity contribution in [3.63, 3.8) is 0 Å². The van der Waals surface area contributed by atoms with E-state index in [0.717, 1.165) is 10.0 Å². The Morgan fingerprint density at radius 3 is 2.53 bits per heavy atom. The standard InChI is InChI=1S/C12H11BrO2/c1-3-8-15-12(14)9(2)10-4-6-11(13)7-5-10/h3-7H,1-2,8H2. The number of ether oxygens (including phenoxy) is 1. The van der Waals surface area contributed by atoms with Gasteiger partial charge in [0.1, 0.15) is 6.61 Å². The molecule has 0 aromatic heterocycles. The van der Waals surface area contributed by atoms with E-state index in [9.17, 15) is 4.79 Å². The van der Waals surface area contributed by atoms with Gasteiger partial charge in [0.2, 0.25) is 0 Å². The fraction of sp³-hybridized carbons (Fsp3) is 0.0833. The van der Waals surface area contributed by atoms with Crippen LogP contribution in [0.4, 0.5) is 0 Å². The lowest BCUT2D eigenvalue weighted by Gasteiger charge is -2.05. The lowest BCUT2D eigenvalue weighted by molar-refractivity contribution is -0.135. The molecule has 0 spiro atoms. The highest BCUT2D eigenvalue weighted by Crippen LogP contribution is 2.17. The molecular weight excluding hydrogens is 256 g/mol. The van der Waals surface area contributed by atoms with Crippen molar-refractivity contribution in [3.8, 4) is 0 Å². The minimum atomic E-state index is -0.419. The summed E-state index contributed by atoms with van der Waals surface area (Å²) in [5, 5.41) is 0. The summed E-state index contributed by atoms with van der Waals surface area (Å²) < 4.78 is 5.83. The van der Waals surface area contributed by atoms with E-state index >= 15 is 0 Å². The van der Waals surface area contributed by atoms with Gasteiger partial charge in [-0.1, -0.05) is 47.3 Å². The van der Waals surface area contributed by atoms with Gasteiger partial charge in [0, 0.05) is 4.47 Å². The Labute approximate surface area is 97.4 Å². The predicted molar refractivity (Wildman–Crippen MR) is 64.3 cm³/mol. The third kappa shape index (κ3) is 3.36. The number of esters is 1. The van der Waals surface area contributed by atoms with Gasteiger partial charge in [-0.25, -0.2) is 4.79 Å². The van der Waals surface area contributed by atoms with Crippen LogP contribution in [0.15, 0.2) is 48.0 Å². The molecule has 0 bridgehead atoms. The van der Waals surface area contributed by atoms with Crippen molar-refractivity contribution in [1.82, 2.24) is 0 Å². The van der Waals surface area contributed by atoms with Crippen molar-refractivity contribution in [2.75, 3.05) is 6.61 Å². The number of benzene rings is 1. The maximum atomic E-state index is 11.4. The lowest BCUT2D eigenvalue weighted by Crippen LogP contribution is -2.06. The minimum absolute atomic E-state index is 0.203. The van der Waals surface area contributed by atoms with E-state index in [-0.39, 0.29) is 6.61 Å². The van der Waals surface area contributed by atoms with Gasteiger partial charge < -0.3 is 4.74 Å². The summed E-state index contributed by atoms with van der Waals surface area (Å²) >= 11 is 3.31. The summed E-state index contributed by atoms with van der Waals surface area (Å²) in [6.45, 7) is 7.35. The Morgan fingerprint density at radius 2 is 2.00 bits per heavy atom. The maximum Gasteiger partial charge on any atom is 0.338 e. The smallest absolute Gasteiger partial charge is 0.338 e. The number of hydrogen-bond acceptors (Lipinski definition) is 2. The molecule has 0 saturated carbocycles. The summed E-state index contributed by atoms with van der Waals surface area (Å²) in [4.78, 5) is 11.4. The molecule has 0 fully saturated rings. The van der Waals surface area contributed by atoms with Gasteiger partial charge >= 0.3 is 5.97 Å². The van der Waals surface area contributed by atoms with E-state index in [0.29, 0.717) is 5.57 Å². The molecule has 0 aliphatic rings. The SMILES string of the molecule is C=CCOC(=O)C(=C)c1ccc(Br)cc1. The van der Waals surface area contributed by atoms with Crippen LogP contribution < -0.4 is 0 Å². The largest absolute Gasteiger partial charge is 0.458 e. The summed E-state index contributed by atoms with van der Waals surface area (Å²) in [6.07, 6.45) is 1.52. The second-order valence-electron chi connectivity index (χ2n) is 2.87. The first-order valence-electron chi connectivity index (χ1n) is 4.38. The van der Waals surface area contributed by atoms with Crippen molar-refractivity contribution in [1.29, 1.82) is 0 Å². The van der Waals surface area contributed by atoms with Gasteiger partial charge in [0.25, 0.3) is 0 Å². The molecule has 3 heteroatoms. The van der Waals surface area contributed by atoms with Gasteiger partial charge in [-0.2, -0.15) is 0 Å².